The third kappa shape index (κ3) is 2.59. The van der Waals surface area contributed by atoms with Gasteiger partial charge in [-0.2, -0.15) is 5.10 Å². The van der Waals surface area contributed by atoms with Gasteiger partial charge in [0.25, 0.3) is 0 Å². The zero-order valence-electron chi connectivity index (χ0n) is 10.7. The van der Waals surface area contributed by atoms with E-state index in [0.29, 0.717) is 0 Å². The van der Waals surface area contributed by atoms with Gasteiger partial charge in [0.2, 0.25) is 0 Å². The summed E-state index contributed by atoms with van der Waals surface area (Å²) in [7, 11) is 0. The normalized spacial score (nSPS) is 11.1. The Balaban J connectivity index is 1.79. The minimum absolute atomic E-state index is 0.780. The van der Waals surface area contributed by atoms with Gasteiger partial charge >= 0.3 is 0 Å². The van der Waals surface area contributed by atoms with Gasteiger partial charge in [-0.1, -0.05) is 11.8 Å². The monoisotopic (exact) mass is 290 g/mol. The highest BCUT2D eigenvalue weighted by molar-refractivity contribution is 8.00. The van der Waals surface area contributed by atoms with E-state index in [2.05, 4.69) is 45.0 Å². The first-order chi connectivity index (χ1) is 9.26. The highest BCUT2D eigenvalue weighted by atomic mass is 32.2. The lowest BCUT2D eigenvalue weighted by atomic mass is 10.2. The molecule has 0 saturated heterocycles. The topological polar surface area (TPSA) is 53.6 Å². The second kappa shape index (κ2) is 5.22. The molecule has 2 heterocycles. The minimum Gasteiger partial charge on any atom is -0.381 e. The Hall–Kier alpha value is -1.53. The number of benzene rings is 1. The van der Waals surface area contributed by atoms with Gasteiger partial charge in [-0.15, -0.1) is 11.3 Å². The van der Waals surface area contributed by atoms with Crippen molar-refractivity contribution in [2.75, 3.05) is 11.6 Å². The molecule has 0 unspecified atom stereocenters. The maximum absolute atomic E-state index is 4.54. The molecule has 0 amide bonds. The molecule has 2 N–H and O–H groups in total. The Bertz CT molecular complexity index is 702. The van der Waals surface area contributed by atoms with Crippen LogP contribution >= 0.6 is 23.1 Å². The first kappa shape index (κ1) is 12.5. The van der Waals surface area contributed by atoms with Gasteiger partial charge in [0.1, 0.15) is 0 Å². The van der Waals surface area contributed by atoms with Gasteiger partial charge in [-0.05, 0) is 31.4 Å². The Morgan fingerprint density at radius 1 is 1.42 bits per heavy atom. The van der Waals surface area contributed by atoms with Crippen LogP contribution in [-0.4, -0.2) is 21.4 Å². The summed E-state index contributed by atoms with van der Waals surface area (Å²) in [6, 6.07) is 6.29. The van der Waals surface area contributed by atoms with Crippen LogP contribution in [0.4, 0.5) is 5.69 Å². The second-order valence-electron chi connectivity index (χ2n) is 4.24. The lowest BCUT2D eigenvalue weighted by Gasteiger charge is -2.05. The van der Waals surface area contributed by atoms with Crippen molar-refractivity contribution in [1.82, 2.24) is 15.2 Å². The van der Waals surface area contributed by atoms with Crippen LogP contribution < -0.4 is 5.32 Å². The number of thiazole rings is 1. The predicted molar refractivity (Wildman–Crippen MR) is 82.1 cm³/mol. The molecule has 2 aromatic heterocycles. The van der Waals surface area contributed by atoms with Crippen LogP contribution in [0.1, 0.15) is 11.3 Å². The molecule has 0 fully saturated rings. The van der Waals surface area contributed by atoms with E-state index in [0.717, 1.165) is 27.8 Å². The van der Waals surface area contributed by atoms with Gasteiger partial charge < -0.3 is 5.32 Å². The van der Waals surface area contributed by atoms with E-state index >= 15 is 0 Å². The number of fused-ring (bicyclic) bond motifs is 1. The van der Waals surface area contributed by atoms with Crippen molar-refractivity contribution in [1.29, 1.82) is 0 Å². The molecule has 0 radical (unpaired) electrons. The van der Waals surface area contributed by atoms with E-state index < -0.39 is 0 Å². The molecule has 1 aromatic carbocycles. The molecule has 3 rings (SSSR count). The molecule has 4 nitrogen and oxygen atoms in total. The van der Waals surface area contributed by atoms with E-state index in [1.807, 2.05) is 13.1 Å². The van der Waals surface area contributed by atoms with Gasteiger partial charge in [0.05, 0.1) is 16.4 Å². The molecule has 6 heteroatoms. The Kier molecular flexibility index (Phi) is 3.44. The van der Waals surface area contributed by atoms with Crippen molar-refractivity contribution in [3.8, 4) is 0 Å². The van der Waals surface area contributed by atoms with Gasteiger partial charge in [-0.3, -0.25) is 5.10 Å². The van der Waals surface area contributed by atoms with Crippen LogP contribution in [0, 0.1) is 6.92 Å². The summed E-state index contributed by atoms with van der Waals surface area (Å²) < 4.78 is 2.33. The number of nitrogens with one attached hydrogen (secondary N) is 2. The molecule has 0 spiro atoms. The Morgan fingerprint density at radius 3 is 3.05 bits per heavy atom. The Labute approximate surface area is 119 Å². The van der Waals surface area contributed by atoms with Crippen molar-refractivity contribution in [3.63, 3.8) is 0 Å². The molecule has 0 bridgehead atoms. The zero-order chi connectivity index (χ0) is 13.2. The largest absolute Gasteiger partial charge is 0.381 e. The van der Waals surface area contributed by atoms with E-state index in [-0.39, 0.29) is 0 Å². The number of aromatic amines is 1. The second-order valence-corrected chi connectivity index (χ2v) is 6.32. The minimum atomic E-state index is 0.780. The zero-order valence-corrected chi connectivity index (χ0v) is 12.4. The summed E-state index contributed by atoms with van der Waals surface area (Å²) >= 11 is 3.42. The van der Waals surface area contributed by atoms with Crippen LogP contribution in [0.2, 0.25) is 0 Å². The van der Waals surface area contributed by atoms with Crippen molar-refractivity contribution in [2.45, 2.75) is 17.8 Å². The summed E-state index contributed by atoms with van der Waals surface area (Å²) in [5.41, 5.74) is 4.48. The maximum atomic E-state index is 4.54. The summed E-state index contributed by atoms with van der Waals surface area (Å²) in [5.74, 6) is 0. The number of hydrogen-bond acceptors (Lipinski definition) is 5. The molecule has 19 heavy (non-hydrogen) atoms. The third-order valence-corrected chi connectivity index (χ3v) is 4.96. The number of aryl methyl sites for hydroxylation is 1. The summed E-state index contributed by atoms with van der Waals surface area (Å²) in [6.07, 6.45) is 3.91. The molecule has 0 aliphatic carbocycles. The SMILES string of the molecule is CSc1nc2ccc(NCc3cn[nH]c3C)cc2s1. The number of H-pyrrole nitrogens is 1. The summed E-state index contributed by atoms with van der Waals surface area (Å²) in [4.78, 5) is 4.54. The highest BCUT2D eigenvalue weighted by Crippen LogP contribution is 2.30. The van der Waals surface area contributed by atoms with Gasteiger partial charge in [-0.25, -0.2) is 4.98 Å². The maximum Gasteiger partial charge on any atom is 0.150 e. The number of rotatable bonds is 4. The predicted octanol–water partition coefficient (Wildman–Crippen LogP) is 3.66. The van der Waals surface area contributed by atoms with E-state index in [9.17, 15) is 0 Å². The van der Waals surface area contributed by atoms with Crippen molar-refractivity contribution >= 4 is 39.0 Å². The van der Waals surface area contributed by atoms with Crippen LogP contribution in [-0.2, 0) is 6.54 Å². The fraction of sp³-hybridized carbons (Fsp3) is 0.231. The quantitative estimate of drug-likeness (QED) is 0.720. The molecular weight excluding hydrogens is 276 g/mol. The fourth-order valence-corrected chi connectivity index (χ4v) is 3.38. The van der Waals surface area contributed by atoms with Crippen LogP contribution in [0.15, 0.2) is 28.7 Å². The molecular formula is C13H14N4S2. The number of aromatic nitrogens is 3. The smallest absolute Gasteiger partial charge is 0.150 e. The molecule has 0 atom stereocenters. The standard InChI is InChI=1S/C13H14N4S2/c1-8-9(7-15-17-8)6-14-10-3-4-11-12(5-10)19-13(16-11)18-2/h3-5,7,14H,6H2,1-2H3,(H,15,17). The van der Waals surface area contributed by atoms with Crippen molar-refractivity contribution in [3.05, 3.63) is 35.7 Å². The van der Waals surface area contributed by atoms with E-state index in [1.54, 1.807) is 23.1 Å². The lowest BCUT2D eigenvalue weighted by Crippen LogP contribution is -1.99. The lowest BCUT2D eigenvalue weighted by molar-refractivity contribution is 1.04. The Morgan fingerprint density at radius 2 is 2.32 bits per heavy atom. The molecule has 3 aromatic rings. The molecule has 0 aliphatic heterocycles. The van der Waals surface area contributed by atoms with E-state index in [1.165, 1.54) is 10.3 Å². The van der Waals surface area contributed by atoms with Gasteiger partial charge in [0, 0.05) is 23.5 Å². The van der Waals surface area contributed by atoms with E-state index in [4.69, 9.17) is 0 Å². The van der Waals surface area contributed by atoms with Gasteiger partial charge in [0.15, 0.2) is 4.34 Å². The number of thioether (sulfide) groups is 1. The summed E-state index contributed by atoms with van der Waals surface area (Å²) in [6.45, 7) is 2.81. The molecule has 0 saturated carbocycles. The fourth-order valence-electron chi connectivity index (χ4n) is 1.85. The summed E-state index contributed by atoms with van der Waals surface area (Å²) in [5, 5.41) is 10.4. The highest BCUT2D eigenvalue weighted by Gasteiger charge is 2.04. The van der Waals surface area contributed by atoms with Crippen LogP contribution in [0.5, 0.6) is 0 Å². The average molecular weight is 290 g/mol. The molecule has 0 aliphatic rings. The van der Waals surface area contributed by atoms with Crippen LogP contribution in [0.25, 0.3) is 10.2 Å². The number of hydrogen-bond donors (Lipinski definition) is 2. The van der Waals surface area contributed by atoms with Crippen molar-refractivity contribution < 1.29 is 0 Å². The van der Waals surface area contributed by atoms with Crippen molar-refractivity contribution in [2.24, 2.45) is 0 Å². The first-order valence-corrected chi connectivity index (χ1v) is 7.97. The number of anilines is 1. The third-order valence-electron chi connectivity index (χ3n) is 2.96. The first-order valence-electron chi connectivity index (χ1n) is 5.93. The molecule has 98 valence electrons. The van der Waals surface area contributed by atoms with Crippen LogP contribution in [0.3, 0.4) is 0 Å². The number of nitrogens with zero attached hydrogens (tertiary/aromatic N) is 2. The average Bonchev–Trinajstić information content (AvgIpc) is 3.01.